The van der Waals surface area contributed by atoms with Gasteiger partial charge in [0.1, 0.15) is 5.82 Å². The molecule has 2 aromatic carbocycles. The highest BCUT2D eigenvalue weighted by molar-refractivity contribution is 8.08. The van der Waals surface area contributed by atoms with Gasteiger partial charge < -0.3 is 0 Å². The Hall–Kier alpha value is -2.82. The van der Waals surface area contributed by atoms with E-state index in [-0.39, 0.29) is 10.6 Å². The first-order valence-corrected chi connectivity index (χ1v) is 8.26. The van der Waals surface area contributed by atoms with Gasteiger partial charge >= 0.3 is 0 Å². The van der Waals surface area contributed by atoms with Gasteiger partial charge in [0.2, 0.25) is 0 Å². The summed E-state index contributed by atoms with van der Waals surface area (Å²) in [7, 11) is 0. The maximum Gasteiger partial charge on any atom is 0.123 e. The van der Waals surface area contributed by atoms with E-state index in [4.69, 9.17) is 10.5 Å². The normalized spacial score (nSPS) is 22.8. The van der Waals surface area contributed by atoms with Crippen LogP contribution in [0.1, 0.15) is 11.1 Å². The van der Waals surface area contributed by atoms with E-state index in [1.807, 2.05) is 30.0 Å². The van der Waals surface area contributed by atoms with Gasteiger partial charge in [0.05, 0.1) is 22.4 Å². The number of halogens is 1. The van der Waals surface area contributed by atoms with Crippen molar-refractivity contribution in [2.24, 2.45) is 0 Å². The molecule has 0 saturated carbocycles. The van der Waals surface area contributed by atoms with Crippen molar-refractivity contribution in [1.82, 2.24) is 0 Å². The molecule has 2 atom stereocenters. The summed E-state index contributed by atoms with van der Waals surface area (Å²) in [6.45, 7) is 0. The standard InChI is InChI=1S/C13H9NS.C7H4FN/c14-9-10-6-7-13(12(8-10)15-13)11-4-2-1-3-5-11;8-7-3-1-6(5-9)2-4-7/h1-8,12H;1-4H. The Balaban J connectivity index is 0.000000162. The zero-order valence-corrected chi connectivity index (χ0v) is 13.5. The van der Waals surface area contributed by atoms with Crippen LogP contribution in [0.25, 0.3) is 0 Å². The van der Waals surface area contributed by atoms with Crippen molar-refractivity contribution in [3.63, 3.8) is 0 Å². The molecule has 2 nitrogen and oxygen atoms in total. The molecule has 2 unspecified atom stereocenters. The molecule has 0 aromatic heterocycles. The molecule has 0 radical (unpaired) electrons. The van der Waals surface area contributed by atoms with Crippen molar-refractivity contribution in [1.29, 1.82) is 10.5 Å². The molecule has 1 saturated heterocycles. The number of benzene rings is 2. The Morgan fingerprint density at radius 3 is 2.25 bits per heavy atom. The summed E-state index contributed by atoms with van der Waals surface area (Å²) in [6.07, 6.45) is 6.16. The first-order valence-electron chi connectivity index (χ1n) is 7.38. The molecule has 1 heterocycles. The van der Waals surface area contributed by atoms with Crippen molar-refractivity contribution in [3.8, 4) is 12.1 Å². The van der Waals surface area contributed by atoms with Crippen molar-refractivity contribution in [2.75, 3.05) is 0 Å². The summed E-state index contributed by atoms with van der Waals surface area (Å²) in [5, 5.41) is 17.5. The second-order valence-corrected chi connectivity index (χ2v) is 6.80. The fourth-order valence-electron chi connectivity index (χ4n) is 2.53. The van der Waals surface area contributed by atoms with E-state index >= 15 is 0 Å². The van der Waals surface area contributed by atoms with Gasteiger partial charge in [0.25, 0.3) is 0 Å². The lowest BCUT2D eigenvalue weighted by Gasteiger charge is -2.12. The third-order valence-corrected chi connectivity index (χ3v) is 5.38. The molecule has 1 aliphatic heterocycles. The molecule has 0 amide bonds. The van der Waals surface area contributed by atoms with Crippen LogP contribution in [-0.4, -0.2) is 5.25 Å². The fourth-order valence-corrected chi connectivity index (χ4v) is 3.79. The van der Waals surface area contributed by atoms with Crippen LogP contribution < -0.4 is 0 Å². The summed E-state index contributed by atoms with van der Waals surface area (Å²) in [6, 6.07) is 20.0. The zero-order valence-electron chi connectivity index (χ0n) is 12.7. The van der Waals surface area contributed by atoms with Crippen LogP contribution in [0.2, 0.25) is 0 Å². The molecule has 4 heteroatoms. The Bertz CT molecular complexity index is 873. The maximum atomic E-state index is 12.1. The van der Waals surface area contributed by atoms with Crippen molar-refractivity contribution >= 4 is 11.8 Å². The summed E-state index contributed by atoms with van der Waals surface area (Å²) < 4.78 is 12.2. The highest BCUT2D eigenvalue weighted by Crippen LogP contribution is 2.64. The minimum atomic E-state index is -0.311. The lowest BCUT2D eigenvalue weighted by atomic mass is 9.90. The zero-order chi connectivity index (χ0) is 17.0. The highest BCUT2D eigenvalue weighted by Gasteiger charge is 2.54. The van der Waals surface area contributed by atoms with Crippen LogP contribution in [0.15, 0.2) is 78.4 Å². The summed E-state index contributed by atoms with van der Waals surface area (Å²) in [5.74, 6) is -0.311. The lowest BCUT2D eigenvalue weighted by Crippen LogP contribution is -2.10. The van der Waals surface area contributed by atoms with Crippen LogP contribution in [0.3, 0.4) is 0 Å². The Kier molecular flexibility index (Phi) is 4.51. The third kappa shape index (κ3) is 3.25. The lowest BCUT2D eigenvalue weighted by molar-refractivity contribution is 0.627. The van der Waals surface area contributed by atoms with Crippen LogP contribution in [0.5, 0.6) is 0 Å². The van der Waals surface area contributed by atoms with Crippen LogP contribution >= 0.6 is 11.8 Å². The Morgan fingerprint density at radius 2 is 1.67 bits per heavy atom. The molecule has 0 spiro atoms. The predicted octanol–water partition coefficient (Wildman–Crippen LogP) is 4.71. The number of nitriles is 2. The molecule has 4 rings (SSSR count). The minimum Gasteiger partial charge on any atom is -0.207 e. The molecule has 116 valence electrons. The topological polar surface area (TPSA) is 47.6 Å². The molecule has 1 fully saturated rings. The van der Waals surface area contributed by atoms with Gasteiger partial charge in [-0.15, -0.1) is 11.8 Å². The van der Waals surface area contributed by atoms with E-state index < -0.39 is 0 Å². The first-order chi connectivity index (χ1) is 11.7. The number of thioether (sulfide) groups is 1. The molecule has 24 heavy (non-hydrogen) atoms. The summed E-state index contributed by atoms with van der Waals surface area (Å²) in [4.78, 5) is 0. The molecular weight excluding hydrogens is 319 g/mol. The summed E-state index contributed by atoms with van der Waals surface area (Å²) in [5.41, 5.74) is 2.61. The van der Waals surface area contributed by atoms with E-state index in [9.17, 15) is 4.39 Å². The predicted molar refractivity (Wildman–Crippen MR) is 93.5 cm³/mol. The minimum absolute atomic E-state index is 0.127. The largest absolute Gasteiger partial charge is 0.207 e. The SMILES string of the molecule is N#CC1=CC2SC2(c2ccccc2)C=C1.N#Cc1ccc(F)cc1. The van der Waals surface area contributed by atoms with Gasteiger partial charge in [-0.3, -0.25) is 0 Å². The third-order valence-electron chi connectivity index (χ3n) is 3.86. The molecule has 1 aliphatic carbocycles. The molecule has 0 N–H and O–H groups in total. The second-order valence-electron chi connectivity index (χ2n) is 5.38. The van der Waals surface area contributed by atoms with Crippen molar-refractivity contribution in [3.05, 3.63) is 95.3 Å². The van der Waals surface area contributed by atoms with Gasteiger partial charge in [0, 0.05) is 10.8 Å². The van der Waals surface area contributed by atoms with E-state index in [1.54, 1.807) is 0 Å². The van der Waals surface area contributed by atoms with Crippen LogP contribution in [0, 0.1) is 28.5 Å². The maximum absolute atomic E-state index is 12.1. The van der Waals surface area contributed by atoms with Gasteiger partial charge in [-0.25, -0.2) is 4.39 Å². The summed E-state index contributed by atoms with van der Waals surface area (Å²) >= 11 is 1.90. The number of hydrogen-bond donors (Lipinski definition) is 0. The fraction of sp³-hybridized carbons (Fsp3) is 0.100. The monoisotopic (exact) mass is 332 g/mol. The van der Waals surface area contributed by atoms with Crippen molar-refractivity contribution in [2.45, 2.75) is 10.00 Å². The quantitative estimate of drug-likeness (QED) is 0.710. The first kappa shape index (κ1) is 16.1. The molecule has 2 aromatic rings. The number of hydrogen-bond acceptors (Lipinski definition) is 3. The number of fused-ring (bicyclic) bond motifs is 1. The second kappa shape index (κ2) is 6.74. The molecule has 0 bridgehead atoms. The highest BCUT2D eigenvalue weighted by atomic mass is 32.2. The number of nitrogens with zero attached hydrogens (tertiary/aromatic N) is 2. The van der Waals surface area contributed by atoms with E-state index in [1.165, 1.54) is 29.8 Å². The van der Waals surface area contributed by atoms with Gasteiger partial charge in [-0.2, -0.15) is 10.5 Å². The number of allylic oxidation sites excluding steroid dienone is 2. The Morgan fingerprint density at radius 1 is 0.958 bits per heavy atom. The average molecular weight is 332 g/mol. The number of rotatable bonds is 1. The van der Waals surface area contributed by atoms with Gasteiger partial charge in [-0.05, 0) is 35.9 Å². The van der Waals surface area contributed by atoms with Crippen molar-refractivity contribution < 1.29 is 4.39 Å². The van der Waals surface area contributed by atoms with Gasteiger partial charge in [0.15, 0.2) is 0 Å². The molecular formula is C20H13FN2S. The smallest absolute Gasteiger partial charge is 0.123 e. The van der Waals surface area contributed by atoms with Gasteiger partial charge in [-0.1, -0.05) is 42.5 Å². The van der Waals surface area contributed by atoms with Crippen LogP contribution in [-0.2, 0) is 4.75 Å². The average Bonchev–Trinajstić information content (AvgIpc) is 3.38. The molecule has 2 aliphatic rings. The van der Waals surface area contributed by atoms with E-state index in [0.29, 0.717) is 10.8 Å². The Labute approximate surface area is 144 Å². The van der Waals surface area contributed by atoms with E-state index in [2.05, 4.69) is 42.5 Å². The van der Waals surface area contributed by atoms with Crippen LogP contribution in [0.4, 0.5) is 4.39 Å². The van der Waals surface area contributed by atoms with E-state index in [0.717, 1.165) is 5.57 Å².